The Labute approximate surface area is 126 Å². The summed E-state index contributed by atoms with van der Waals surface area (Å²) in [5, 5.41) is 5.45. The first-order valence-corrected chi connectivity index (χ1v) is 7.58. The summed E-state index contributed by atoms with van der Waals surface area (Å²) in [5.41, 5.74) is 1.28. The number of para-hydroxylation sites is 1. The molecule has 6 heteroatoms. The largest absolute Gasteiger partial charge is 0.493 e. The highest BCUT2D eigenvalue weighted by molar-refractivity contribution is 7.13. The summed E-state index contributed by atoms with van der Waals surface area (Å²) in [7, 11) is 3.19. The zero-order chi connectivity index (χ0) is 14.8. The molecule has 0 spiro atoms. The lowest BCUT2D eigenvalue weighted by atomic mass is 10.2. The second-order valence-electron chi connectivity index (χ2n) is 4.83. The molecule has 2 aromatic rings. The van der Waals surface area contributed by atoms with Crippen molar-refractivity contribution in [2.45, 2.75) is 18.9 Å². The van der Waals surface area contributed by atoms with E-state index in [0.29, 0.717) is 23.2 Å². The van der Waals surface area contributed by atoms with Gasteiger partial charge in [0.2, 0.25) is 0 Å². The third-order valence-electron chi connectivity index (χ3n) is 3.28. The highest BCUT2D eigenvalue weighted by atomic mass is 32.1. The number of aromatic nitrogens is 1. The normalized spacial score (nSPS) is 13.8. The van der Waals surface area contributed by atoms with Crippen LogP contribution in [-0.2, 0) is 0 Å². The van der Waals surface area contributed by atoms with E-state index in [9.17, 15) is 4.79 Å². The Hall–Kier alpha value is -2.08. The number of methoxy groups -OCH3 is 2. The van der Waals surface area contributed by atoms with Gasteiger partial charge < -0.3 is 14.8 Å². The van der Waals surface area contributed by atoms with Crippen LogP contribution >= 0.6 is 11.3 Å². The fourth-order valence-electron chi connectivity index (χ4n) is 2.04. The molecular formula is C15H16N2O3S. The van der Waals surface area contributed by atoms with Crippen molar-refractivity contribution in [2.75, 3.05) is 14.2 Å². The number of thiazole rings is 1. The van der Waals surface area contributed by atoms with Crippen LogP contribution in [0, 0.1) is 0 Å². The van der Waals surface area contributed by atoms with Crippen molar-refractivity contribution in [1.29, 1.82) is 0 Å². The van der Waals surface area contributed by atoms with Crippen LogP contribution in [-0.4, -0.2) is 31.2 Å². The van der Waals surface area contributed by atoms with Gasteiger partial charge in [-0.2, -0.15) is 0 Å². The molecule has 0 aliphatic heterocycles. The van der Waals surface area contributed by atoms with Gasteiger partial charge in [-0.25, -0.2) is 4.98 Å². The fourth-order valence-corrected chi connectivity index (χ4v) is 2.87. The molecule has 1 saturated carbocycles. The summed E-state index contributed by atoms with van der Waals surface area (Å²) >= 11 is 1.42. The SMILES string of the molecule is COc1cccc(-c2nc(C(=O)NC3CC3)cs2)c1OC. The molecule has 0 unspecified atom stereocenters. The number of carbonyl (C=O) groups is 1. The van der Waals surface area contributed by atoms with Crippen molar-refractivity contribution < 1.29 is 14.3 Å². The van der Waals surface area contributed by atoms with E-state index < -0.39 is 0 Å². The van der Waals surface area contributed by atoms with Crippen LogP contribution < -0.4 is 14.8 Å². The van der Waals surface area contributed by atoms with Crippen molar-refractivity contribution in [2.24, 2.45) is 0 Å². The van der Waals surface area contributed by atoms with Crippen molar-refractivity contribution in [3.05, 3.63) is 29.3 Å². The molecule has 1 aromatic heterocycles. The first-order chi connectivity index (χ1) is 10.2. The predicted octanol–water partition coefficient (Wildman–Crippen LogP) is 2.72. The maximum Gasteiger partial charge on any atom is 0.270 e. The molecule has 1 aromatic carbocycles. The van der Waals surface area contributed by atoms with Gasteiger partial charge in [0.15, 0.2) is 11.5 Å². The van der Waals surface area contributed by atoms with E-state index in [0.717, 1.165) is 23.4 Å². The number of hydrogen-bond acceptors (Lipinski definition) is 5. The number of amides is 1. The summed E-state index contributed by atoms with van der Waals surface area (Å²) in [5.74, 6) is 1.17. The smallest absolute Gasteiger partial charge is 0.270 e. The molecule has 0 radical (unpaired) electrons. The molecule has 1 amide bonds. The van der Waals surface area contributed by atoms with Crippen LogP contribution in [0.15, 0.2) is 23.6 Å². The maximum absolute atomic E-state index is 12.0. The van der Waals surface area contributed by atoms with Gasteiger partial charge in [0.05, 0.1) is 19.8 Å². The Balaban J connectivity index is 1.90. The molecular weight excluding hydrogens is 288 g/mol. The number of hydrogen-bond donors (Lipinski definition) is 1. The summed E-state index contributed by atoms with van der Waals surface area (Å²) in [6.07, 6.45) is 2.12. The minimum atomic E-state index is -0.109. The molecule has 1 aliphatic rings. The van der Waals surface area contributed by atoms with E-state index in [1.807, 2.05) is 18.2 Å². The van der Waals surface area contributed by atoms with Gasteiger partial charge in [-0.05, 0) is 25.0 Å². The minimum absolute atomic E-state index is 0.109. The van der Waals surface area contributed by atoms with Crippen LogP contribution in [0.3, 0.4) is 0 Å². The number of nitrogens with zero attached hydrogens (tertiary/aromatic N) is 1. The molecule has 21 heavy (non-hydrogen) atoms. The van der Waals surface area contributed by atoms with Crippen LogP contribution in [0.5, 0.6) is 11.5 Å². The molecule has 5 nitrogen and oxygen atoms in total. The first kappa shape index (κ1) is 13.9. The van der Waals surface area contributed by atoms with Gasteiger partial charge in [0.1, 0.15) is 10.7 Å². The zero-order valence-electron chi connectivity index (χ0n) is 11.9. The summed E-state index contributed by atoms with van der Waals surface area (Å²) < 4.78 is 10.7. The third kappa shape index (κ3) is 2.85. The van der Waals surface area contributed by atoms with Crippen molar-refractivity contribution >= 4 is 17.2 Å². The average molecular weight is 304 g/mol. The molecule has 1 aliphatic carbocycles. The quantitative estimate of drug-likeness (QED) is 0.922. The van der Waals surface area contributed by atoms with Crippen molar-refractivity contribution in [3.8, 4) is 22.1 Å². The Kier molecular flexibility index (Phi) is 3.79. The van der Waals surface area contributed by atoms with Gasteiger partial charge in [-0.3, -0.25) is 4.79 Å². The highest BCUT2D eigenvalue weighted by Crippen LogP contribution is 2.38. The number of ether oxygens (including phenoxy) is 2. The monoisotopic (exact) mass is 304 g/mol. The Morgan fingerprint density at radius 2 is 2.14 bits per heavy atom. The lowest BCUT2D eigenvalue weighted by Gasteiger charge is -2.10. The zero-order valence-corrected chi connectivity index (χ0v) is 12.7. The molecule has 0 saturated heterocycles. The van der Waals surface area contributed by atoms with Crippen LogP contribution in [0.4, 0.5) is 0 Å². The Morgan fingerprint density at radius 3 is 2.81 bits per heavy atom. The summed E-state index contributed by atoms with van der Waals surface area (Å²) in [6, 6.07) is 5.94. The van der Waals surface area contributed by atoms with E-state index in [1.54, 1.807) is 19.6 Å². The van der Waals surface area contributed by atoms with E-state index in [2.05, 4.69) is 10.3 Å². The van der Waals surface area contributed by atoms with E-state index in [4.69, 9.17) is 9.47 Å². The first-order valence-electron chi connectivity index (χ1n) is 6.70. The lowest BCUT2D eigenvalue weighted by Crippen LogP contribution is -2.25. The van der Waals surface area contributed by atoms with Gasteiger partial charge >= 0.3 is 0 Å². The van der Waals surface area contributed by atoms with Crippen LogP contribution in [0.1, 0.15) is 23.3 Å². The molecule has 1 heterocycles. The molecule has 0 bridgehead atoms. The molecule has 0 atom stereocenters. The summed E-state index contributed by atoms with van der Waals surface area (Å²) in [4.78, 5) is 16.4. The van der Waals surface area contributed by atoms with Crippen LogP contribution in [0.2, 0.25) is 0 Å². The van der Waals surface area contributed by atoms with E-state index in [-0.39, 0.29) is 5.91 Å². The highest BCUT2D eigenvalue weighted by Gasteiger charge is 2.25. The number of benzene rings is 1. The van der Waals surface area contributed by atoms with Gasteiger partial charge in [0, 0.05) is 11.4 Å². The minimum Gasteiger partial charge on any atom is -0.493 e. The maximum atomic E-state index is 12.0. The van der Waals surface area contributed by atoms with Crippen molar-refractivity contribution in [3.63, 3.8) is 0 Å². The second kappa shape index (κ2) is 5.73. The molecule has 1 N–H and O–H groups in total. The third-order valence-corrected chi connectivity index (χ3v) is 4.16. The molecule has 3 rings (SSSR count). The topological polar surface area (TPSA) is 60.5 Å². The second-order valence-corrected chi connectivity index (χ2v) is 5.68. The number of nitrogens with one attached hydrogen (secondary N) is 1. The van der Waals surface area contributed by atoms with Gasteiger partial charge in [0.25, 0.3) is 5.91 Å². The fraction of sp³-hybridized carbons (Fsp3) is 0.333. The van der Waals surface area contributed by atoms with E-state index >= 15 is 0 Å². The van der Waals surface area contributed by atoms with Gasteiger partial charge in [-0.15, -0.1) is 11.3 Å². The Bertz CT molecular complexity index is 665. The standard InChI is InChI=1S/C15H16N2O3S/c1-19-12-5-3-4-10(13(12)20-2)15-17-11(8-21-15)14(18)16-9-6-7-9/h3-5,8-9H,6-7H2,1-2H3,(H,16,18). The molecule has 110 valence electrons. The average Bonchev–Trinajstić information content (AvgIpc) is 3.18. The van der Waals surface area contributed by atoms with Crippen molar-refractivity contribution in [1.82, 2.24) is 10.3 Å². The summed E-state index contributed by atoms with van der Waals surface area (Å²) in [6.45, 7) is 0. The van der Waals surface area contributed by atoms with Crippen LogP contribution in [0.25, 0.3) is 10.6 Å². The number of rotatable bonds is 5. The number of carbonyl (C=O) groups excluding carboxylic acids is 1. The molecule has 1 fully saturated rings. The lowest BCUT2D eigenvalue weighted by molar-refractivity contribution is 0.0947. The van der Waals surface area contributed by atoms with Gasteiger partial charge in [-0.1, -0.05) is 6.07 Å². The van der Waals surface area contributed by atoms with E-state index in [1.165, 1.54) is 11.3 Å². The Morgan fingerprint density at radius 1 is 1.33 bits per heavy atom. The predicted molar refractivity (Wildman–Crippen MR) is 81.1 cm³/mol.